The monoisotopic (exact) mass is 356 g/mol. The predicted molar refractivity (Wildman–Crippen MR) is 89.4 cm³/mol. The lowest BCUT2D eigenvalue weighted by Gasteiger charge is -2.24. The molecule has 1 aromatic carbocycles. The van der Waals surface area contributed by atoms with Crippen LogP contribution in [0.1, 0.15) is 24.8 Å². The molecule has 0 aliphatic carbocycles. The Balaban J connectivity index is 2.26. The second-order valence-corrected chi connectivity index (χ2v) is 7.63. The predicted octanol–water partition coefficient (Wildman–Crippen LogP) is 0.655. The van der Waals surface area contributed by atoms with E-state index in [9.17, 15) is 13.2 Å². The van der Waals surface area contributed by atoms with Gasteiger partial charge in [0, 0.05) is 25.8 Å². The van der Waals surface area contributed by atoms with E-state index in [0.717, 1.165) is 0 Å². The summed E-state index contributed by atoms with van der Waals surface area (Å²) in [6.45, 7) is 2.35. The van der Waals surface area contributed by atoms with Gasteiger partial charge in [0.05, 0.1) is 12.0 Å². The van der Waals surface area contributed by atoms with Gasteiger partial charge in [-0.25, -0.2) is 8.42 Å². The number of nitrogens with one attached hydrogen (secondary N) is 1. The van der Waals surface area contributed by atoms with Gasteiger partial charge in [0.25, 0.3) is 0 Å². The smallest absolute Gasteiger partial charge is 0.244 e. The summed E-state index contributed by atoms with van der Waals surface area (Å²) in [5.41, 5.74) is 0.613. The number of amides is 1. The van der Waals surface area contributed by atoms with Crippen LogP contribution in [0.25, 0.3) is 0 Å². The molecule has 0 saturated carbocycles. The van der Waals surface area contributed by atoms with Gasteiger partial charge in [-0.05, 0) is 37.8 Å². The molecule has 134 valence electrons. The van der Waals surface area contributed by atoms with Gasteiger partial charge in [0.15, 0.2) is 0 Å². The minimum Gasteiger partial charge on any atom is -0.497 e. The minimum absolute atomic E-state index is 0.0179. The maximum Gasteiger partial charge on any atom is 0.244 e. The number of aliphatic hydroxyl groups is 1. The first-order chi connectivity index (χ1) is 11.4. The number of hydrogen-bond acceptors (Lipinski definition) is 5. The van der Waals surface area contributed by atoms with Crippen LogP contribution in [0.2, 0.25) is 0 Å². The Bertz CT molecular complexity index is 690. The van der Waals surface area contributed by atoms with Crippen LogP contribution in [0.4, 0.5) is 0 Å². The van der Waals surface area contributed by atoms with Crippen molar-refractivity contribution in [1.82, 2.24) is 9.62 Å². The van der Waals surface area contributed by atoms with E-state index in [0.29, 0.717) is 43.7 Å². The number of aryl methyl sites for hydroxylation is 1. The van der Waals surface area contributed by atoms with E-state index < -0.39 is 16.1 Å². The summed E-state index contributed by atoms with van der Waals surface area (Å²) in [5, 5.41) is 11.5. The molecule has 1 atom stereocenters. The van der Waals surface area contributed by atoms with Crippen LogP contribution in [0.15, 0.2) is 23.1 Å². The second kappa shape index (κ2) is 7.96. The molecular weight excluding hydrogens is 332 g/mol. The summed E-state index contributed by atoms with van der Waals surface area (Å²) in [6, 6.07) is 4.18. The van der Waals surface area contributed by atoms with Gasteiger partial charge >= 0.3 is 0 Å². The van der Waals surface area contributed by atoms with Gasteiger partial charge in [-0.2, -0.15) is 4.31 Å². The van der Waals surface area contributed by atoms with Gasteiger partial charge in [0.1, 0.15) is 11.8 Å². The van der Waals surface area contributed by atoms with E-state index in [1.54, 1.807) is 19.1 Å². The molecule has 1 amide bonds. The molecule has 2 rings (SSSR count). The van der Waals surface area contributed by atoms with Crippen molar-refractivity contribution in [2.24, 2.45) is 0 Å². The van der Waals surface area contributed by atoms with E-state index >= 15 is 0 Å². The van der Waals surface area contributed by atoms with Crippen molar-refractivity contribution in [2.45, 2.75) is 37.1 Å². The van der Waals surface area contributed by atoms with Crippen molar-refractivity contribution in [3.05, 3.63) is 23.8 Å². The Labute approximate surface area is 142 Å². The Morgan fingerprint density at radius 1 is 1.46 bits per heavy atom. The van der Waals surface area contributed by atoms with Crippen LogP contribution in [0.3, 0.4) is 0 Å². The largest absolute Gasteiger partial charge is 0.497 e. The first kappa shape index (κ1) is 18.7. The third-order valence-corrected chi connectivity index (χ3v) is 6.17. The summed E-state index contributed by atoms with van der Waals surface area (Å²) in [7, 11) is -2.30. The fourth-order valence-electron chi connectivity index (χ4n) is 2.81. The minimum atomic E-state index is -3.78. The molecule has 0 unspecified atom stereocenters. The number of hydrogen-bond donors (Lipinski definition) is 2. The third-order valence-electron chi connectivity index (χ3n) is 4.12. The lowest BCUT2D eigenvalue weighted by molar-refractivity contribution is -0.124. The zero-order valence-corrected chi connectivity index (χ0v) is 14.8. The summed E-state index contributed by atoms with van der Waals surface area (Å²) >= 11 is 0. The van der Waals surface area contributed by atoms with E-state index in [-0.39, 0.29) is 17.4 Å². The standard InChI is InChI=1S/C16H24N2O5S/c1-12-6-7-13(23-2)11-15(12)24(21,22)18-9-3-5-14(18)16(20)17-8-4-10-19/h6-7,11,14,19H,3-5,8-10H2,1-2H3,(H,17,20)/t14-/m0/s1. The van der Waals surface area contributed by atoms with Crippen molar-refractivity contribution >= 4 is 15.9 Å². The highest BCUT2D eigenvalue weighted by Crippen LogP contribution is 2.30. The molecule has 0 radical (unpaired) electrons. The van der Waals surface area contributed by atoms with Crippen molar-refractivity contribution in [2.75, 3.05) is 26.8 Å². The van der Waals surface area contributed by atoms with Crippen LogP contribution in [-0.4, -0.2) is 56.6 Å². The normalized spacial score (nSPS) is 18.5. The highest BCUT2D eigenvalue weighted by molar-refractivity contribution is 7.89. The highest BCUT2D eigenvalue weighted by Gasteiger charge is 2.39. The number of aliphatic hydroxyl groups excluding tert-OH is 1. The van der Waals surface area contributed by atoms with E-state index in [1.807, 2.05) is 0 Å². The molecule has 0 bridgehead atoms. The summed E-state index contributed by atoms with van der Waals surface area (Å²) in [5.74, 6) is 0.146. The van der Waals surface area contributed by atoms with Gasteiger partial charge < -0.3 is 15.2 Å². The van der Waals surface area contributed by atoms with E-state index in [2.05, 4.69) is 5.32 Å². The molecule has 1 aliphatic heterocycles. The molecule has 1 aromatic rings. The highest BCUT2D eigenvalue weighted by atomic mass is 32.2. The zero-order chi connectivity index (χ0) is 17.7. The number of ether oxygens (including phenoxy) is 1. The van der Waals surface area contributed by atoms with Crippen LogP contribution < -0.4 is 10.1 Å². The molecule has 2 N–H and O–H groups in total. The molecule has 1 aliphatic rings. The van der Waals surface area contributed by atoms with Crippen LogP contribution >= 0.6 is 0 Å². The van der Waals surface area contributed by atoms with Crippen molar-refractivity contribution < 1.29 is 23.1 Å². The number of benzene rings is 1. The van der Waals surface area contributed by atoms with Gasteiger partial charge in [0.2, 0.25) is 15.9 Å². The van der Waals surface area contributed by atoms with Crippen molar-refractivity contribution in [1.29, 1.82) is 0 Å². The second-order valence-electron chi connectivity index (χ2n) is 5.77. The van der Waals surface area contributed by atoms with Crippen molar-refractivity contribution in [3.8, 4) is 5.75 Å². The molecule has 0 aromatic heterocycles. The topological polar surface area (TPSA) is 95.9 Å². The fourth-order valence-corrected chi connectivity index (χ4v) is 4.71. The molecule has 1 heterocycles. The molecule has 1 saturated heterocycles. The number of nitrogens with zero attached hydrogens (tertiary/aromatic N) is 1. The maximum atomic E-state index is 13.0. The van der Waals surface area contributed by atoms with Gasteiger partial charge in [-0.3, -0.25) is 4.79 Å². The Hall–Kier alpha value is -1.64. The number of methoxy groups -OCH3 is 1. The summed E-state index contributed by atoms with van der Waals surface area (Å²) in [4.78, 5) is 12.5. The van der Waals surface area contributed by atoms with Crippen LogP contribution in [0.5, 0.6) is 5.75 Å². The fraction of sp³-hybridized carbons (Fsp3) is 0.562. The molecule has 1 fully saturated rings. The molecule has 24 heavy (non-hydrogen) atoms. The Kier molecular flexibility index (Phi) is 6.20. The maximum absolute atomic E-state index is 13.0. The molecule has 7 nitrogen and oxygen atoms in total. The lowest BCUT2D eigenvalue weighted by atomic mass is 10.2. The number of carbonyl (C=O) groups excluding carboxylic acids is 1. The van der Waals surface area contributed by atoms with Crippen LogP contribution in [0, 0.1) is 6.92 Å². The molecule has 0 spiro atoms. The first-order valence-corrected chi connectivity index (χ1v) is 9.41. The molecule has 8 heteroatoms. The van der Waals surface area contributed by atoms with Crippen molar-refractivity contribution in [3.63, 3.8) is 0 Å². The van der Waals surface area contributed by atoms with Gasteiger partial charge in [-0.1, -0.05) is 6.07 Å². The average molecular weight is 356 g/mol. The van der Waals surface area contributed by atoms with E-state index in [1.165, 1.54) is 17.5 Å². The summed E-state index contributed by atoms with van der Waals surface area (Å²) in [6.07, 6.45) is 1.58. The first-order valence-electron chi connectivity index (χ1n) is 7.97. The zero-order valence-electron chi connectivity index (χ0n) is 14.0. The molecular formula is C16H24N2O5S. The average Bonchev–Trinajstić information content (AvgIpc) is 3.06. The summed E-state index contributed by atoms with van der Waals surface area (Å²) < 4.78 is 32.4. The quantitative estimate of drug-likeness (QED) is 0.700. The number of sulfonamides is 1. The van der Waals surface area contributed by atoms with E-state index in [4.69, 9.17) is 9.84 Å². The van der Waals surface area contributed by atoms with Crippen LogP contribution in [-0.2, 0) is 14.8 Å². The third kappa shape index (κ3) is 3.88. The Morgan fingerprint density at radius 3 is 2.88 bits per heavy atom. The Morgan fingerprint density at radius 2 is 2.21 bits per heavy atom. The number of carbonyl (C=O) groups is 1. The SMILES string of the molecule is COc1ccc(C)c(S(=O)(=O)N2CCC[C@H]2C(=O)NCCCO)c1. The number of rotatable bonds is 7. The lowest BCUT2D eigenvalue weighted by Crippen LogP contribution is -2.46. The van der Waals surface area contributed by atoms with Gasteiger partial charge in [-0.15, -0.1) is 0 Å².